The van der Waals surface area contributed by atoms with E-state index in [-0.39, 0.29) is 6.10 Å². The average Bonchev–Trinajstić information content (AvgIpc) is 1.90. The molecule has 0 aromatic heterocycles. The van der Waals surface area contributed by atoms with Crippen LogP contribution in [0.1, 0.15) is 6.42 Å². The van der Waals surface area contributed by atoms with Gasteiger partial charge in [0.25, 0.3) is 0 Å². The predicted molar refractivity (Wildman–Crippen MR) is 46.9 cm³/mol. The lowest BCUT2D eigenvalue weighted by atomic mass is 10.3. The first-order valence-electron chi connectivity index (χ1n) is 3.95. The summed E-state index contributed by atoms with van der Waals surface area (Å²) < 4.78 is 0. The van der Waals surface area contributed by atoms with Crippen molar-refractivity contribution in [2.45, 2.75) is 37.7 Å². The van der Waals surface area contributed by atoms with E-state index >= 15 is 0 Å². The van der Waals surface area contributed by atoms with Gasteiger partial charge in [-0.05, 0) is 12.5 Å². The Balaban J connectivity index is 2.55. The molecule has 1 aliphatic heterocycles. The summed E-state index contributed by atoms with van der Waals surface area (Å²) in [4.78, 5) is 0. The summed E-state index contributed by atoms with van der Waals surface area (Å²) >= 11 is 0. The fraction of sp³-hybridized carbons (Fsp3) is 0.750. The second-order valence-corrected chi connectivity index (χ2v) is 9.14. The van der Waals surface area contributed by atoms with E-state index in [4.69, 9.17) is 0 Å². The maximum atomic E-state index is 9.37. The summed E-state index contributed by atoms with van der Waals surface area (Å²) in [6.45, 7) is 4.70. The Hall–Kier alpha value is -0.0831. The van der Waals surface area contributed by atoms with E-state index in [0.29, 0.717) is 0 Å². The molecule has 0 saturated carbocycles. The number of hydrogen-bond acceptors (Lipinski definition) is 1. The van der Waals surface area contributed by atoms with Crippen molar-refractivity contribution < 1.29 is 5.11 Å². The van der Waals surface area contributed by atoms with Gasteiger partial charge in [-0.25, -0.2) is 0 Å². The number of aliphatic hydroxyl groups excluding tert-OH is 1. The molecule has 0 amide bonds. The van der Waals surface area contributed by atoms with Gasteiger partial charge in [0.05, 0.1) is 14.2 Å². The third-order valence-electron chi connectivity index (χ3n) is 2.11. The highest BCUT2D eigenvalue weighted by molar-refractivity contribution is 6.77. The molecule has 1 rings (SSSR count). The van der Waals surface area contributed by atoms with E-state index in [0.717, 1.165) is 6.04 Å². The van der Waals surface area contributed by atoms with E-state index < -0.39 is 8.07 Å². The highest BCUT2D eigenvalue weighted by atomic mass is 28.3. The summed E-state index contributed by atoms with van der Waals surface area (Å²) in [5.41, 5.74) is 0. The molecule has 1 nitrogen and oxygen atoms in total. The minimum atomic E-state index is -1.02. The summed E-state index contributed by atoms with van der Waals surface area (Å²) in [7, 11) is -1.02. The largest absolute Gasteiger partial charge is 0.389 e. The van der Waals surface area contributed by atoms with Gasteiger partial charge in [-0.3, -0.25) is 0 Å². The number of aliphatic hydroxyl groups is 1. The van der Waals surface area contributed by atoms with Crippen molar-refractivity contribution >= 4 is 8.07 Å². The molecule has 0 aliphatic carbocycles. The van der Waals surface area contributed by atoms with Crippen LogP contribution in [-0.2, 0) is 0 Å². The molecule has 2 heteroatoms. The van der Waals surface area contributed by atoms with Crippen LogP contribution in [-0.4, -0.2) is 19.3 Å². The monoisotopic (exact) mass is 156 g/mol. The minimum Gasteiger partial charge on any atom is -0.389 e. The number of allylic oxidation sites excluding steroid dienone is 1. The molecule has 0 aromatic carbocycles. The maximum Gasteiger partial charge on any atom is 0.0697 e. The van der Waals surface area contributed by atoms with Gasteiger partial charge in [0, 0.05) is 0 Å². The lowest BCUT2D eigenvalue weighted by Gasteiger charge is -2.20. The van der Waals surface area contributed by atoms with Gasteiger partial charge in [0.15, 0.2) is 0 Å². The molecule has 0 fully saturated rings. The van der Waals surface area contributed by atoms with Gasteiger partial charge < -0.3 is 5.11 Å². The third-order valence-corrected chi connectivity index (χ3v) is 5.27. The molecule has 0 aromatic rings. The standard InChI is InChI=1S/C8H16OSi/c1-10(2)6-4-3-5-8(9)7-10/h3,5,8-9H,4,6-7H2,1-2H3. The number of hydrogen-bond donors (Lipinski definition) is 1. The quantitative estimate of drug-likeness (QED) is 0.420. The zero-order valence-electron chi connectivity index (χ0n) is 6.80. The average molecular weight is 156 g/mol. The van der Waals surface area contributed by atoms with Crippen LogP contribution in [0, 0.1) is 0 Å². The molecule has 0 saturated heterocycles. The molecule has 0 spiro atoms. The van der Waals surface area contributed by atoms with Crippen LogP contribution in [0.3, 0.4) is 0 Å². The third kappa shape index (κ3) is 2.27. The van der Waals surface area contributed by atoms with Gasteiger partial charge in [0.2, 0.25) is 0 Å². The summed E-state index contributed by atoms with van der Waals surface area (Å²) in [6.07, 6.45) is 5.09. The van der Waals surface area contributed by atoms with Crippen molar-refractivity contribution in [1.29, 1.82) is 0 Å². The molecule has 1 unspecified atom stereocenters. The van der Waals surface area contributed by atoms with Crippen molar-refractivity contribution in [3.05, 3.63) is 12.2 Å². The summed E-state index contributed by atoms with van der Waals surface area (Å²) in [6, 6.07) is 2.38. The topological polar surface area (TPSA) is 20.2 Å². The summed E-state index contributed by atoms with van der Waals surface area (Å²) in [5.74, 6) is 0. The Morgan fingerprint density at radius 2 is 2.20 bits per heavy atom. The van der Waals surface area contributed by atoms with Crippen molar-refractivity contribution in [3.63, 3.8) is 0 Å². The lowest BCUT2D eigenvalue weighted by Crippen LogP contribution is -2.28. The smallest absolute Gasteiger partial charge is 0.0697 e. The fourth-order valence-electron chi connectivity index (χ4n) is 1.46. The molecular formula is C8H16OSi. The maximum absolute atomic E-state index is 9.37. The van der Waals surface area contributed by atoms with E-state index in [9.17, 15) is 5.11 Å². The Labute approximate surface area is 63.8 Å². The summed E-state index contributed by atoms with van der Waals surface area (Å²) in [5, 5.41) is 9.37. The van der Waals surface area contributed by atoms with Crippen molar-refractivity contribution in [1.82, 2.24) is 0 Å². The Morgan fingerprint density at radius 1 is 1.50 bits per heavy atom. The SMILES string of the molecule is C[Si]1(C)CCC=CC(O)C1. The van der Waals surface area contributed by atoms with E-state index in [1.807, 2.05) is 6.08 Å². The fourth-order valence-corrected chi connectivity index (χ4v) is 3.88. The van der Waals surface area contributed by atoms with Crippen LogP contribution in [0.5, 0.6) is 0 Å². The second kappa shape index (κ2) is 2.89. The van der Waals surface area contributed by atoms with Gasteiger partial charge in [-0.2, -0.15) is 0 Å². The second-order valence-electron chi connectivity index (χ2n) is 3.90. The molecule has 1 atom stereocenters. The Kier molecular flexibility index (Phi) is 2.31. The highest BCUT2D eigenvalue weighted by Crippen LogP contribution is 2.23. The predicted octanol–water partition coefficient (Wildman–Crippen LogP) is 2.02. The van der Waals surface area contributed by atoms with Gasteiger partial charge in [-0.1, -0.05) is 31.3 Å². The zero-order valence-corrected chi connectivity index (χ0v) is 7.80. The van der Waals surface area contributed by atoms with Crippen LogP contribution in [0.2, 0.25) is 25.2 Å². The normalized spacial score (nSPS) is 31.7. The zero-order chi connectivity index (χ0) is 7.61. The molecule has 0 radical (unpaired) electrons. The van der Waals surface area contributed by atoms with Crippen molar-refractivity contribution in [3.8, 4) is 0 Å². The lowest BCUT2D eigenvalue weighted by molar-refractivity contribution is 0.242. The van der Waals surface area contributed by atoms with Crippen molar-refractivity contribution in [2.75, 3.05) is 0 Å². The highest BCUT2D eigenvalue weighted by Gasteiger charge is 2.24. The van der Waals surface area contributed by atoms with Crippen LogP contribution < -0.4 is 0 Å². The first-order chi connectivity index (χ1) is 4.60. The van der Waals surface area contributed by atoms with Crippen LogP contribution >= 0.6 is 0 Å². The van der Waals surface area contributed by atoms with Gasteiger partial charge in [0.1, 0.15) is 0 Å². The molecule has 0 bridgehead atoms. The van der Waals surface area contributed by atoms with Crippen LogP contribution in [0.15, 0.2) is 12.2 Å². The Morgan fingerprint density at radius 3 is 2.90 bits per heavy atom. The van der Waals surface area contributed by atoms with E-state index in [2.05, 4.69) is 19.2 Å². The first kappa shape index (κ1) is 8.02. The minimum absolute atomic E-state index is 0.149. The van der Waals surface area contributed by atoms with Crippen LogP contribution in [0.4, 0.5) is 0 Å². The van der Waals surface area contributed by atoms with Gasteiger partial charge in [-0.15, -0.1) is 0 Å². The molecule has 1 heterocycles. The van der Waals surface area contributed by atoms with Crippen molar-refractivity contribution in [2.24, 2.45) is 0 Å². The van der Waals surface area contributed by atoms with Gasteiger partial charge >= 0.3 is 0 Å². The van der Waals surface area contributed by atoms with Crippen LogP contribution in [0.25, 0.3) is 0 Å². The molecular weight excluding hydrogens is 140 g/mol. The Bertz CT molecular complexity index is 140. The number of rotatable bonds is 0. The molecule has 1 aliphatic rings. The molecule has 58 valence electrons. The van der Waals surface area contributed by atoms with E-state index in [1.165, 1.54) is 12.5 Å². The van der Waals surface area contributed by atoms with E-state index in [1.54, 1.807) is 0 Å². The molecule has 1 N–H and O–H groups in total. The first-order valence-corrected chi connectivity index (χ1v) is 7.36. The molecule has 10 heavy (non-hydrogen) atoms.